The Kier molecular flexibility index (Phi) is 6.54. The topological polar surface area (TPSA) is 89.9 Å². The number of phenols is 1. The van der Waals surface area contributed by atoms with Gasteiger partial charge >= 0.3 is 0 Å². The highest BCUT2D eigenvalue weighted by Crippen LogP contribution is 2.31. The standard InChI is InChI=1S/C23H28N2O4/c1-23(12-5-13-25(16-23)21(28)18-6-3-2-4-7-18)22(29)24-19(15-26)14-17-8-10-20(27)11-9-17/h2-4,6-11,19,26-27H,5,12-16H2,1H3,(H,24,29)/t19-,23?/m0/s1. The number of rotatable bonds is 6. The minimum absolute atomic E-state index is 0.0628. The number of phenolic OH excluding ortho intramolecular Hbond substituents is 1. The number of aliphatic hydroxyl groups excluding tert-OH is 1. The van der Waals surface area contributed by atoms with Crippen LogP contribution in [0.2, 0.25) is 0 Å². The van der Waals surface area contributed by atoms with E-state index in [1.165, 1.54) is 0 Å². The van der Waals surface area contributed by atoms with Crippen LogP contribution < -0.4 is 5.32 Å². The summed E-state index contributed by atoms with van der Waals surface area (Å²) in [4.78, 5) is 27.6. The number of piperidine rings is 1. The molecule has 1 fully saturated rings. The van der Waals surface area contributed by atoms with Crippen LogP contribution >= 0.6 is 0 Å². The Bertz CT molecular complexity index is 838. The number of aromatic hydroxyl groups is 1. The molecule has 1 heterocycles. The van der Waals surface area contributed by atoms with E-state index in [1.807, 2.05) is 25.1 Å². The summed E-state index contributed by atoms with van der Waals surface area (Å²) in [5, 5.41) is 22.1. The number of nitrogens with one attached hydrogen (secondary N) is 1. The molecule has 2 aromatic rings. The average molecular weight is 396 g/mol. The van der Waals surface area contributed by atoms with E-state index in [0.717, 1.165) is 12.0 Å². The van der Waals surface area contributed by atoms with Gasteiger partial charge in [0.25, 0.3) is 5.91 Å². The van der Waals surface area contributed by atoms with Crippen LogP contribution in [0.3, 0.4) is 0 Å². The maximum absolute atomic E-state index is 13.0. The quantitative estimate of drug-likeness (QED) is 0.699. The molecule has 0 aliphatic carbocycles. The highest BCUT2D eigenvalue weighted by Gasteiger charge is 2.40. The lowest BCUT2D eigenvalue weighted by Gasteiger charge is -2.40. The van der Waals surface area contributed by atoms with Gasteiger partial charge in [-0.3, -0.25) is 9.59 Å². The Morgan fingerprint density at radius 2 is 1.83 bits per heavy atom. The van der Waals surface area contributed by atoms with Crippen LogP contribution in [0.4, 0.5) is 0 Å². The molecule has 6 nitrogen and oxygen atoms in total. The van der Waals surface area contributed by atoms with Crippen LogP contribution in [0.25, 0.3) is 0 Å². The molecule has 3 N–H and O–H groups in total. The first-order chi connectivity index (χ1) is 13.9. The minimum Gasteiger partial charge on any atom is -0.508 e. The number of aliphatic hydroxyl groups is 1. The summed E-state index contributed by atoms with van der Waals surface area (Å²) in [5.74, 6) is -0.0377. The second kappa shape index (κ2) is 9.09. The van der Waals surface area contributed by atoms with Gasteiger partial charge in [-0.05, 0) is 56.0 Å². The predicted octanol–water partition coefficient (Wildman–Crippen LogP) is 2.35. The summed E-state index contributed by atoms with van der Waals surface area (Å²) in [6, 6.07) is 15.4. The fourth-order valence-corrected chi connectivity index (χ4v) is 3.80. The van der Waals surface area contributed by atoms with E-state index in [2.05, 4.69) is 5.32 Å². The number of carbonyl (C=O) groups is 2. The zero-order valence-electron chi connectivity index (χ0n) is 16.7. The first-order valence-corrected chi connectivity index (χ1v) is 9.95. The van der Waals surface area contributed by atoms with E-state index < -0.39 is 11.5 Å². The maximum Gasteiger partial charge on any atom is 0.253 e. The molecule has 2 aromatic carbocycles. The summed E-state index contributed by atoms with van der Waals surface area (Å²) in [7, 11) is 0. The van der Waals surface area contributed by atoms with Crippen molar-refractivity contribution in [1.82, 2.24) is 10.2 Å². The first kappa shape index (κ1) is 20.9. The highest BCUT2D eigenvalue weighted by atomic mass is 16.3. The molecule has 154 valence electrons. The molecule has 2 amide bonds. The second-order valence-electron chi connectivity index (χ2n) is 7.98. The molecule has 0 aromatic heterocycles. The number of nitrogens with zero attached hydrogens (tertiary/aromatic N) is 1. The third-order valence-electron chi connectivity index (χ3n) is 5.53. The number of carbonyl (C=O) groups excluding carboxylic acids is 2. The summed E-state index contributed by atoms with van der Waals surface area (Å²) < 4.78 is 0. The molecular weight excluding hydrogens is 368 g/mol. The Hall–Kier alpha value is -2.86. The molecule has 1 aliphatic heterocycles. The van der Waals surface area contributed by atoms with Gasteiger partial charge in [0.1, 0.15) is 5.75 Å². The normalized spacial score (nSPS) is 20.1. The Balaban J connectivity index is 1.65. The molecule has 1 aliphatic rings. The minimum atomic E-state index is -0.703. The summed E-state index contributed by atoms with van der Waals surface area (Å²) in [5.41, 5.74) is 0.833. The van der Waals surface area contributed by atoms with Crippen molar-refractivity contribution in [1.29, 1.82) is 0 Å². The Morgan fingerprint density at radius 3 is 2.48 bits per heavy atom. The number of hydrogen-bond acceptors (Lipinski definition) is 4. The van der Waals surface area contributed by atoms with Gasteiger partial charge in [0, 0.05) is 18.7 Å². The van der Waals surface area contributed by atoms with Crippen molar-refractivity contribution in [3.8, 4) is 5.75 Å². The lowest BCUT2D eigenvalue weighted by molar-refractivity contribution is -0.133. The maximum atomic E-state index is 13.0. The van der Waals surface area contributed by atoms with Gasteiger partial charge < -0.3 is 20.4 Å². The average Bonchev–Trinajstić information content (AvgIpc) is 2.74. The van der Waals surface area contributed by atoms with E-state index in [0.29, 0.717) is 31.5 Å². The van der Waals surface area contributed by atoms with E-state index in [1.54, 1.807) is 41.3 Å². The smallest absolute Gasteiger partial charge is 0.253 e. The van der Waals surface area contributed by atoms with Crippen LogP contribution in [0, 0.1) is 5.41 Å². The van der Waals surface area contributed by atoms with E-state index in [4.69, 9.17) is 0 Å². The monoisotopic (exact) mass is 396 g/mol. The number of likely N-dealkylation sites (tertiary alicyclic amines) is 1. The van der Waals surface area contributed by atoms with E-state index in [-0.39, 0.29) is 24.2 Å². The second-order valence-corrected chi connectivity index (χ2v) is 7.98. The van der Waals surface area contributed by atoms with Gasteiger partial charge in [-0.25, -0.2) is 0 Å². The van der Waals surface area contributed by atoms with Crippen molar-refractivity contribution in [2.24, 2.45) is 5.41 Å². The fraction of sp³-hybridized carbons (Fsp3) is 0.391. The molecule has 2 atom stereocenters. The molecule has 0 radical (unpaired) electrons. The van der Waals surface area contributed by atoms with E-state index in [9.17, 15) is 19.8 Å². The summed E-state index contributed by atoms with van der Waals surface area (Å²) in [6.07, 6.45) is 1.91. The van der Waals surface area contributed by atoms with Gasteiger partial charge in [-0.15, -0.1) is 0 Å². The van der Waals surface area contributed by atoms with Crippen molar-refractivity contribution in [3.05, 3.63) is 65.7 Å². The molecule has 1 saturated heterocycles. The third kappa shape index (κ3) is 5.15. The number of benzene rings is 2. The van der Waals surface area contributed by atoms with Gasteiger partial charge in [0.15, 0.2) is 0 Å². The van der Waals surface area contributed by atoms with Crippen molar-refractivity contribution in [3.63, 3.8) is 0 Å². The molecule has 0 bridgehead atoms. The predicted molar refractivity (Wildman–Crippen MR) is 111 cm³/mol. The SMILES string of the molecule is CC1(C(=O)N[C@H](CO)Cc2ccc(O)cc2)CCCN(C(=O)c2ccccc2)C1. The number of amides is 2. The molecular formula is C23H28N2O4. The van der Waals surface area contributed by atoms with Crippen molar-refractivity contribution >= 4 is 11.8 Å². The zero-order chi connectivity index (χ0) is 20.9. The van der Waals surface area contributed by atoms with Crippen LogP contribution in [-0.2, 0) is 11.2 Å². The molecule has 3 rings (SSSR count). The lowest BCUT2D eigenvalue weighted by Crippen LogP contribution is -2.54. The lowest BCUT2D eigenvalue weighted by atomic mass is 9.80. The van der Waals surface area contributed by atoms with Gasteiger partial charge in [0.05, 0.1) is 18.1 Å². The molecule has 6 heteroatoms. The van der Waals surface area contributed by atoms with Crippen molar-refractivity contribution in [2.75, 3.05) is 19.7 Å². The Morgan fingerprint density at radius 1 is 1.14 bits per heavy atom. The summed E-state index contributed by atoms with van der Waals surface area (Å²) >= 11 is 0. The summed E-state index contributed by atoms with van der Waals surface area (Å²) in [6.45, 7) is 2.68. The molecule has 1 unspecified atom stereocenters. The zero-order valence-corrected chi connectivity index (χ0v) is 16.7. The van der Waals surface area contributed by atoms with Crippen LogP contribution in [-0.4, -0.2) is 52.7 Å². The van der Waals surface area contributed by atoms with Gasteiger partial charge in [-0.2, -0.15) is 0 Å². The van der Waals surface area contributed by atoms with Crippen LogP contribution in [0.5, 0.6) is 5.75 Å². The fourth-order valence-electron chi connectivity index (χ4n) is 3.80. The van der Waals surface area contributed by atoms with Gasteiger partial charge in [0.2, 0.25) is 5.91 Å². The van der Waals surface area contributed by atoms with Gasteiger partial charge in [-0.1, -0.05) is 30.3 Å². The molecule has 0 spiro atoms. The van der Waals surface area contributed by atoms with Crippen molar-refractivity contribution in [2.45, 2.75) is 32.2 Å². The van der Waals surface area contributed by atoms with E-state index >= 15 is 0 Å². The van der Waals surface area contributed by atoms with Crippen molar-refractivity contribution < 1.29 is 19.8 Å². The largest absolute Gasteiger partial charge is 0.508 e. The Labute approximate surface area is 171 Å². The molecule has 0 saturated carbocycles. The van der Waals surface area contributed by atoms with Crippen LogP contribution in [0.15, 0.2) is 54.6 Å². The number of hydrogen-bond donors (Lipinski definition) is 3. The molecule has 29 heavy (non-hydrogen) atoms. The first-order valence-electron chi connectivity index (χ1n) is 9.95. The highest BCUT2D eigenvalue weighted by molar-refractivity contribution is 5.95. The van der Waals surface area contributed by atoms with Crippen LogP contribution in [0.1, 0.15) is 35.7 Å². The third-order valence-corrected chi connectivity index (χ3v) is 5.53.